The second-order valence-electron chi connectivity index (χ2n) is 8.02. The number of rotatable bonds is 5. The largest absolute Gasteiger partial charge is 0.490 e. The number of hydrogen-bond acceptors (Lipinski definition) is 5. The van der Waals surface area contributed by atoms with Crippen molar-refractivity contribution in [3.8, 4) is 0 Å². The van der Waals surface area contributed by atoms with Gasteiger partial charge in [0.05, 0.1) is 12.7 Å². The molecule has 3 atom stereocenters. The summed E-state index contributed by atoms with van der Waals surface area (Å²) in [5.41, 5.74) is 0.705. The van der Waals surface area contributed by atoms with Gasteiger partial charge in [0.15, 0.2) is 0 Å². The van der Waals surface area contributed by atoms with Crippen LogP contribution >= 0.6 is 11.3 Å². The highest BCUT2D eigenvalue weighted by atomic mass is 32.1. The van der Waals surface area contributed by atoms with Gasteiger partial charge in [0, 0.05) is 61.0 Å². The summed E-state index contributed by atoms with van der Waals surface area (Å²) in [4.78, 5) is 26.5. The van der Waals surface area contributed by atoms with Gasteiger partial charge in [-0.2, -0.15) is 13.2 Å². The topological polar surface area (TPSA) is 83.8 Å². The molecule has 0 radical (unpaired) electrons. The molecule has 2 aliphatic rings. The van der Waals surface area contributed by atoms with E-state index in [0.717, 1.165) is 26.2 Å². The number of nitrogens with zero attached hydrogens (tertiary/aromatic N) is 2. The highest BCUT2D eigenvalue weighted by Gasteiger charge is 2.43. The summed E-state index contributed by atoms with van der Waals surface area (Å²) >= 11 is 1.88. The van der Waals surface area contributed by atoms with Crippen molar-refractivity contribution in [3.63, 3.8) is 0 Å². The summed E-state index contributed by atoms with van der Waals surface area (Å²) in [5.74, 6) is -1.83. The van der Waals surface area contributed by atoms with Crippen molar-refractivity contribution in [1.82, 2.24) is 14.8 Å². The number of aryl methyl sites for hydroxylation is 2. The lowest BCUT2D eigenvalue weighted by Gasteiger charge is -2.19. The van der Waals surface area contributed by atoms with Crippen LogP contribution in [0.25, 0.3) is 0 Å². The fourth-order valence-corrected chi connectivity index (χ4v) is 4.95. The van der Waals surface area contributed by atoms with Crippen molar-refractivity contribution in [2.75, 3.05) is 26.2 Å². The lowest BCUT2D eigenvalue weighted by molar-refractivity contribution is -0.192. The van der Waals surface area contributed by atoms with Crippen molar-refractivity contribution in [1.29, 1.82) is 0 Å². The zero-order valence-electron chi connectivity index (χ0n) is 17.8. The van der Waals surface area contributed by atoms with E-state index in [1.807, 2.05) is 41.3 Å². The Morgan fingerprint density at radius 1 is 1.28 bits per heavy atom. The Balaban J connectivity index is 0.000000360. The molecular weight excluding hydrogens is 447 g/mol. The molecule has 176 valence electrons. The van der Waals surface area contributed by atoms with Crippen LogP contribution in [0, 0.1) is 18.8 Å². The molecule has 4 heterocycles. The fourth-order valence-electron chi connectivity index (χ4n) is 4.02. The van der Waals surface area contributed by atoms with Gasteiger partial charge in [0.1, 0.15) is 5.69 Å². The van der Waals surface area contributed by atoms with Gasteiger partial charge in [-0.1, -0.05) is 0 Å². The molecule has 0 saturated carbocycles. The normalized spacial score (nSPS) is 22.8. The van der Waals surface area contributed by atoms with Crippen LogP contribution in [0.4, 0.5) is 13.2 Å². The molecule has 0 aromatic carbocycles. The summed E-state index contributed by atoms with van der Waals surface area (Å²) in [6.45, 7) is 6.68. The number of nitrogens with one attached hydrogen (secondary N) is 1. The van der Waals surface area contributed by atoms with E-state index in [2.05, 4.69) is 29.3 Å². The van der Waals surface area contributed by atoms with E-state index in [4.69, 9.17) is 14.6 Å². The fraction of sp³-hybridized carbons (Fsp3) is 0.524. The van der Waals surface area contributed by atoms with Crippen LogP contribution in [-0.2, 0) is 23.1 Å². The van der Waals surface area contributed by atoms with Crippen LogP contribution in [-0.4, -0.2) is 65.0 Å². The first kappa shape index (κ1) is 24.3. The molecule has 0 bridgehead atoms. The number of carboxylic acids is 1. The molecule has 0 aliphatic carbocycles. The average molecular weight is 474 g/mol. The number of alkyl halides is 3. The summed E-state index contributed by atoms with van der Waals surface area (Å²) in [6, 6.07) is 8.16. The van der Waals surface area contributed by atoms with Gasteiger partial charge in [0.25, 0.3) is 5.91 Å². The van der Waals surface area contributed by atoms with Crippen molar-refractivity contribution in [3.05, 3.63) is 45.9 Å². The Morgan fingerprint density at radius 3 is 2.56 bits per heavy atom. The zero-order valence-corrected chi connectivity index (χ0v) is 18.6. The number of likely N-dealkylation sites (tertiary alicyclic amines) is 1. The molecule has 2 aromatic rings. The molecular formula is C21H26F3N3O4S. The van der Waals surface area contributed by atoms with Gasteiger partial charge in [-0.3, -0.25) is 9.69 Å². The molecule has 2 aliphatic heterocycles. The van der Waals surface area contributed by atoms with E-state index in [1.54, 1.807) is 0 Å². The van der Waals surface area contributed by atoms with E-state index in [0.29, 0.717) is 30.2 Å². The summed E-state index contributed by atoms with van der Waals surface area (Å²) in [6.07, 6.45) is -2.87. The average Bonchev–Trinajstić information content (AvgIpc) is 3.46. The third-order valence-electron chi connectivity index (χ3n) is 5.63. The highest BCUT2D eigenvalue weighted by molar-refractivity contribution is 7.11. The third kappa shape index (κ3) is 6.11. The SMILES string of the molecule is Cc1ccc(CN2C[C@@H]3[C@H](CNC(=O)c4cccn4C)CO[C@@H]3C2)s1.O=C(O)C(F)(F)F. The molecule has 2 N–H and O–H groups in total. The van der Waals surface area contributed by atoms with Gasteiger partial charge in [0.2, 0.25) is 0 Å². The third-order valence-corrected chi connectivity index (χ3v) is 6.62. The molecule has 4 rings (SSSR count). The maximum atomic E-state index is 12.3. The van der Waals surface area contributed by atoms with E-state index >= 15 is 0 Å². The molecule has 7 nitrogen and oxygen atoms in total. The van der Waals surface area contributed by atoms with Crippen molar-refractivity contribution < 1.29 is 32.6 Å². The van der Waals surface area contributed by atoms with Crippen molar-refractivity contribution >= 4 is 23.2 Å². The predicted octanol–water partition coefficient (Wildman–Crippen LogP) is 2.91. The van der Waals surface area contributed by atoms with Gasteiger partial charge in [-0.05, 0) is 31.2 Å². The predicted molar refractivity (Wildman–Crippen MR) is 112 cm³/mol. The number of carbonyl (C=O) groups is 2. The minimum absolute atomic E-state index is 0.000126. The van der Waals surface area contributed by atoms with Crippen molar-refractivity contribution in [2.24, 2.45) is 18.9 Å². The van der Waals surface area contributed by atoms with E-state index in [1.165, 1.54) is 9.75 Å². The number of amides is 1. The zero-order chi connectivity index (χ0) is 23.5. The van der Waals surface area contributed by atoms with Gasteiger partial charge >= 0.3 is 12.1 Å². The first-order valence-corrected chi connectivity index (χ1v) is 10.9. The molecule has 0 unspecified atom stereocenters. The summed E-state index contributed by atoms with van der Waals surface area (Å²) in [7, 11) is 1.89. The Labute approximate surface area is 187 Å². The van der Waals surface area contributed by atoms with Crippen LogP contribution < -0.4 is 5.32 Å². The van der Waals surface area contributed by atoms with Crippen LogP contribution in [0.2, 0.25) is 0 Å². The maximum Gasteiger partial charge on any atom is 0.490 e. The Bertz CT molecular complexity index is 943. The number of hydrogen-bond donors (Lipinski definition) is 2. The number of aromatic nitrogens is 1. The smallest absolute Gasteiger partial charge is 0.475 e. The molecule has 11 heteroatoms. The molecule has 1 amide bonds. The number of fused-ring (bicyclic) bond motifs is 1. The Hall–Kier alpha value is -2.37. The van der Waals surface area contributed by atoms with E-state index < -0.39 is 12.1 Å². The lowest BCUT2D eigenvalue weighted by Crippen LogP contribution is -2.34. The van der Waals surface area contributed by atoms with Crippen LogP contribution in [0.3, 0.4) is 0 Å². The molecule has 0 spiro atoms. The van der Waals surface area contributed by atoms with Gasteiger partial charge < -0.3 is 19.7 Å². The summed E-state index contributed by atoms with van der Waals surface area (Å²) < 4.78 is 39.6. The van der Waals surface area contributed by atoms with Gasteiger partial charge in [-0.15, -0.1) is 11.3 Å². The number of carbonyl (C=O) groups excluding carboxylic acids is 1. The Kier molecular flexibility index (Phi) is 7.63. The first-order valence-electron chi connectivity index (χ1n) is 10.1. The first-order chi connectivity index (χ1) is 15.0. The number of thiophene rings is 1. The maximum absolute atomic E-state index is 12.3. The quantitative estimate of drug-likeness (QED) is 0.698. The second-order valence-corrected chi connectivity index (χ2v) is 9.39. The number of carboxylic acid groups (broad SMARTS) is 1. The molecule has 2 fully saturated rings. The summed E-state index contributed by atoms with van der Waals surface area (Å²) in [5, 5.41) is 10.2. The minimum Gasteiger partial charge on any atom is -0.475 e. The Morgan fingerprint density at radius 2 is 2.00 bits per heavy atom. The number of ether oxygens (including phenoxy) is 1. The van der Waals surface area contributed by atoms with Crippen LogP contribution in [0.15, 0.2) is 30.5 Å². The van der Waals surface area contributed by atoms with E-state index in [-0.39, 0.29) is 5.91 Å². The number of aliphatic carboxylic acids is 1. The highest BCUT2D eigenvalue weighted by Crippen LogP contribution is 2.34. The molecule has 2 aromatic heterocycles. The standard InChI is InChI=1S/C19H25N3O2S.C2HF3O2/c1-13-5-6-15(25-13)9-22-10-16-14(12-24-18(16)11-22)8-20-19(23)17-4-3-7-21(17)2;3-2(4,5)1(6)7/h3-7,14,16,18H,8-12H2,1-2H3,(H,20,23);(H,6,7)/t14-,16-,18-;/m1./s1. The molecule has 32 heavy (non-hydrogen) atoms. The monoisotopic (exact) mass is 473 g/mol. The second kappa shape index (κ2) is 10.1. The number of halogens is 3. The molecule has 2 saturated heterocycles. The van der Waals surface area contributed by atoms with Crippen LogP contribution in [0.5, 0.6) is 0 Å². The van der Waals surface area contributed by atoms with Gasteiger partial charge in [-0.25, -0.2) is 4.79 Å². The minimum atomic E-state index is -5.08. The lowest BCUT2D eigenvalue weighted by atomic mass is 9.93. The van der Waals surface area contributed by atoms with Crippen molar-refractivity contribution in [2.45, 2.75) is 25.7 Å². The van der Waals surface area contributed by atoms with Crippen LogP contribution in [0.1, 0.15) is 20.2 Å². The van der Waals surface area contributed by atoms with E-state index in [9.17, 15) is 18.0 Å².